The van der Waals surface area contributed by atoms with Gasteiger partial charge in [0.05, 0.1) is 0 Å². The Morgan fingerprint density at radius 2 is 1.09 bits per heavy atom. The van der Waals surface area contributed by atoms with Crippen LogP contribution in [-0.2, 0) is 0 Å². The van der Waals surface area contributed by atoms with Gasteiger partial charge in [-0.25, -0.2) is 0 Å². The summed E-state index contributed by atoms with van der Waals surface area (Å²) in [5.74, 6) is 0.358. The molecule has 0 aliphatic carbocycles. The summed E-state index contributed by atoms with van der Waals surface area (Å²) in [6, 6.07) is 0.287. The maximum atomic E-state index is 9.02. The molecule has 2 unspecified atom stereocenters. The molecule has 2 nitrogen and oxygen atoms in total. The van der Waals surface area contributed by atoms with Gasteiger partial charge in [0, 0.05) is 12.6 Å². The van der Waals surface area contributed by atoms with Gasteiger partial charge in [0.2, 0.25) is 0 Å². The molecule has 0 radical (unpaired) electrons. The van der Waals surface area contributed by atoms with Crippen LogP contribution in [0.25, 0.3) is 0 Å². The number of hydrogen-bond donors (Lipinski definition) is 2. The first kappa shape index (κ1) is 22.9. The Kier molecular flexibility index (Phi) is 18.2. The van der Waals surface area contributed by atoms with Gasteiger partial charge in [-0.05, 0) is 18.8 Å². The lowest BCUT2D eigenvalue weighted by atomic mass is 9.98. The lowest BCUT2D eigenvalue weighted by Gasteiger charge is -2.15. The van der Waals surface area contributed by atoms with Crippen molar-refractivity contribution < 1.29 is 5.11 Å². The minimum atomic E-state index is 0.270. The van der Waals surface area contributed by atoms with Crippen LogP contribution < -0.4 is 5.73 Å². The van der Waals surface area contributed by atoms with Crippen molar-refractivity contribution in [3.63, 3.8) is 0 Å². The van der Waals surface area contributed by atoms with Crippen molar-refractivity contribution in [1.29, 1.82) is 0 Å². The first-order chi connectivity index (χ1) is 11.2. The first-order valence-corrected chi connectivity index (χ1v) is 10.6. The third kappa shape index (κ3) is 18.1. The zero-order chi connectivity index (χ0) is 17.2. The Hall–Kier alpha value is -0.0800. The second-order valence-corrected chi connectivity index (χ2v) is 7.67. The first-order valence-electron chi connectivity index (χ1n) is 10.6. The van der Waals surface area contributed by atoms with E-state index in [1.54, 1.807) is 0 Å². The number of nitrogens with two attached hydrogens (primary N) is 1. The molecule has 2 heteroatoms. The summed E-state index contributed by atoms with van der Waals surface area (Å²) in [5.41, 5.74) is 6.09. The third-order valence-corrected chi connectivity index (χ3v) is 4.95. The van der Waals surface area contributed by atoms with Crippen LogP contribution in [0, 0.1) is 5.92 Å². The summed E-state index contributed by atoms with van der Waals surface area (Å²) in [6.45, 7) is 4.63. The van der Waals surface area contributed by atoms with Gasteiger partial charge in [0.25, 0.3) is 0 Å². The number of rotatable bonds is 18. The largest absolute Gasteiger partial charge is 0.396 e. The zero-order valence-electron chi connectivity index (χ0n) is 16.2. The summed E-state index contributed by atoms with van der Waals surface area (Å²) < 4.78 is 0. The molecular formula is C21H45NO. The Labute approximate surface area is 146 Å². The monoisotopic (exact) mass is 327 g/mol. The van der Waals surface area contributed by atoms with Crippen LogP contribution in [0.2, 0.25) is 0 Å². The van der Waals surface area contributed by atoms with Gasteiger partial charge in [-0.1, -0.05) is 104 Å². The van der Waals surface area contributed by atoms with E-state index < -0.39 is 0 Å². The van der Waals surface area contributed by atoms with E-state index in [1.807, 2.05) is 0 Å². The molecule has 0 aromatic carbocycles. The molecule has 0 fully saturated rings. The highest BCUT2D eigenvalue weighted by molar-refractivity contribution is 4.65. The molecule has 23 heavy (non-hydrogen) atoms. The molecule has 0 saturated heterocycles. The van der Waals surface area contributed by atoms with Crippen molar-refractivity contribution in [3.05, 3.63) is 0 Å². The highest BCUT2D eigenvalue weighted by Gasteiger charge is 2.07. The van der Waals surface area contributed by atoms with E-state index in [4.69, 9.17) is 10.8 Å². The third-order valence-electron chi connectivity index (χ3n) is 4.95. The maximum absolute atomic E-state index is 9.02. The summed E-state index contributed by atoms with van der Waals surface area (Å²) >= 11 is 0. The molecule has 2 atom stereocenters. The zero-order valence-corrected chi connectivity index (χ0v) is 16.2. The van der Waals surface area contributed by atoms with E-state index >= 15 is 0 Å². The van der Waals surface area contributed by atoms with Gasteiger partial charge >= 0.3 is 0 Å². The number of aliphatic hydroxyl groups excluding tert-OH is 1. The minimum absolute atomic E-state index is 0.270. The van der Waals surface area contributed by atoms with Gasteiger partial charge in [0.15, 0.2) is 0 Å². The molecule has 0 aromatic rings. The lowest BCUT2D eigenvalue weighted by molar-refractivity contribution is 0.221. The van der Waals surface area contributed by atoms with E-state index in [-0.39, 0.29) is 12.6 Å². The van der Waals surface area contributed by atoms with Crippen molar-refractivity contribution >= 4 is 0 Å². The van der Waals surface area contributed by atoms with Crippen molar-refractivity contribution in [3.8, 4) is 0 Å². The lowest BCUT2D eigenvalue weighted by Crippen LogP contribution is -2.23. The van der Waals surface area contributed by atoms with Gasteiger partial charge in [0.1, 0.15) is 0 Å². The fraction of sp³-hybridized carbons (Fsp3) is 1.00. The van der Waals surface area contributed by atoms with E-state index in [2.05, 4.69) is 13.8 Å². The molecule has 0 heterocycles. The van der Waals surface area contributed by atoms with Gasteiger partial charge in [-0.2, -0.15) is 0 Å². The van der Waals surface area contributed by atoms with Crippen LogP contribution in [0.3, 0.4) is 0 Å². The molecule has 140 valence electrons. The Balaban J connectivity index is 3.10. The van der Waals surface area contributed by atoms with Crippen LogP contribution >= 0.6 is 0 Å². The summed E-state index contributed by atoms with van der Waals surface area (Å²) in [4.78, 5) is 0. The van der Waals surface area contributed by atoms with Gasteiger partial charge < -0.3 is 10.8 Å². The van der Waals surface area contributed by atoms with Crippen LogP contribution in [0.1, 0.15) is 117 Å². The fourth-order valence-corrected chi connectivity index (χ4v) is 3.31. The predicted octanol–water partition coefficient (Wildman–Crippen LogP) is 6.20. The van der Waals surface area contributed by atoms with Crippen LogP contribution in [0.15, 0.2) is 0 Å². The van der Waals surface area contributed by atoms with E-state index in [0.717, 1.165) is 12.8 Å². The van der Waals surface area contributed by atoms with Crippen molar-refractivity contribution in [1.82, 2.24) is 0 Å². The van der Waals surface area contributed by atoms with Crippen LogP contribution in [0.5, 0.6) is 0 Å². The topological polar surface area (TPSA) is 46.2 Å². The average Bonchev–Trinajstić information content (AvgIpc) is 2.55. The molecule has 3 N–H and O–H groups in total. The van der Waals surface area contributed by atoms with Crippen LogP contribution in [0.4, 0.5) is 0 Å². The Morgan fingerprint density at radius 3 is 1.48 bits per heavy atom. The highest BCUT2D eigenvalue weighted by atomic mass is 16.3. The molecule has 0 bridgehead atoms. The highest BCUT2D eigenvalue weighted by Crippen LogP contribution is 2.14. The normalized spacial score (nSPS) is 14.1. The van der Waals surface area contributed by atoms with E-state index in [9.17, 15) is 0 Å². The summed E-state index contributed by atoms with van der Waals surface area (Å²) in [7, 11) is 0. The Morgan fingerprint density at radius 1 is 0.696 bits per heavy atom. The van der Waals surface area contributed by atoms with Gasteiger partial charge in [-0.15, -0.1) is 0 Å². The number of hydrogen-bond acceptors (Lipinski definition) is 2. The molecule has 0 rings (SSSR count). The van der Waals surface area contributed by atoms with Gasteiger partial charge in [-0.3, -0.25) is 0 Å². The predicted molar refractivity (Wildman–Crippen MR) is 104 cm³/mol. The standard InChI is InChI=1S/C21H45NO/c1-3-4-5-6-7-8-9-10-11-12-13-14-15-16-17-21(22)18-20(2)19-23/h20-21,23H,3-19,22H2,1-2H3. The molecular weight excluding hydrogens is 282 g/mol. The maximum Gasteiger partial charge on any atom is 0.0457 e. The molecule has 0 aliphatic heterocycles. The second kappa shape index (κ2) is 18.3. The van der Waals surface area contributed by atoms with Crippen molar-refractivity contribution in [2.75, 3.05) is 6.61 Å². The quantitative estimate of drug-likeness (QED) is 0.294. The van der Waals surface area contributed by atoms with E-state index in [0.29, 0.717) is 5.92 Å². The molecule has 0 aliphatic rings. The smallest absolute Gasteiger partial charge is 0.0457 e. The molecule has 0 amide bonds. The number of aliphatic hydroxyl groups is 1. The molecule has 0 saturated carbocycles. The Bertz CT molecular complexity index is 220. The molecule has 0 aromatic heterocycles. The average molecular weight is 328 g/mol. The fourth-order valence-electron chi connectivity index (χ4n) is 3.31. The number of unbranched alkanes of at least 4 members (excludes halogenated alkanes) is 13. The summed E-state index contributed by atoms with van der Waals surface area (Å²) in [5, 5.41) is 9.02. The molecule has 0 spiro atoms. The van der Waals surface area contributed by atoms with Crippen molar-refractivity contribution in [2.45, 2.75) is 123 Å². The SMILES string of the molecule is CCCCCCCCCCCCCCCCC(N)CC(C)CO. The summed E-state index contributed by atoms with van der Waals surface area (Å²) in [6.07, 6.45) is 21.8. The van der Waals surface area contributed by atoms with Crippen LogP contribution in [-0.4, -0.2) is 17.8 Å². The van der Waals surface area contributed by atoms with E-state index in [1.165, 1.54) is 89.9 Å². The second-order valence-electron chi connectivity index (χ2n) is 7.67. The van der Waals surface area contributed by atoms with Crippen molar-refractivity contribution in [2.24, 2.45) is 11.7 Å². The minimum Gasteiger partial charge on any atom is -0.396 e.